The Morgan fingerprint density at radius 3 is 2.56 bits per heavy atom. The van der Waals surface area contributed by atoms with Crippen LogP contribution in [-0.2, 0) is 24.3 Å². The van der Waals surface area contributed by atoms with Crippen LogP contribution in [-0.4, -0.2) is 26.9 Å². The molecule has 0 aliphatic carbocycles. The molecule has 0 atom stereocenters. The smallest absolute Gasteiger partial charge is 0.331 e. The van der Waals surface area contributed by atoms with Crippen molar-refractivity contribution >= 4 is 56.9 Å². The fourth-order valence-corrected chi connectivity index (χ4v) is 2.87. The maximum absolute atomic E-state index is 11.8. The van der Waals surface area contributed by atoms with E-state index in [2.05, 4.69) is 5.32 Å². The summed E-state index contributed by atoms with van der Waals surface area (Å²) >= 11 is 11.9. The first kappa shape index (κ1) is 20.9. The zero-order valence-electron chi connectivity index (χ0n) is 13.7. The fraction of sp³-hybridized carbons (Fsp3) is 0.0588. The summed E-state index contributed by atoms with van der Waals surface area (Å²) in [5.41, 5.74) is 0.717. The van der Waals surface area contributed by atoms with Gasteiger partial charge in [-0.3, -0.25) is 4.79 Å². The van der Waals surface area contributed by atoms with E-state index in [0.29, 0.717) is 10.6 Å². The summed E-state index contributed by atoms with van der Waals surface area (Å²) < 4.78 is 27.4. The first-order valence-electron chi connectivity index (χ1n) is 7.38. The molecule has 0 unspecified atom stereocenters. The molecule has 1 amide bonds. The summed E-state index contributed by atoms with van der Waals surface area (Å²) in [7, 11) is -3.89. The highest BCUT2D eigenvalue weighted by atomic mass is 35.5. The van der Waals surface area contributed by atoms with E-state index in [1.165, 1.54) is 30.3 Å². The number of carbonyl (C=O) groups is 2. The third kappa shape index (κ3) is 6.37. The highest BCUT2D eigenvalue weighted by Crippen LogP contribution is 2.26. The zero-order valence-corrected chi connectivity index (χ0v) is 16.0. The second-order valence-electron chi connectivity index (χ2n) is 5.21. The summed E-state index contributed by atoms with van der Waals surface area (Å²) in [5.74, 6) is -1.41. The zero-order chi connectivity index (χ0) is 20.0. The summed E-state index contributed by atoms with van der Waals surface area (Å²) in [6.45, 7) is -0.563. The average molecular weight is 429 g/mol. The van der Waals surface area contributed by atoms with Gasteiger partial charge in [0.05, 0.1) is 14.9 Å². The Morgan fingerprint density at radius 2 is 1.85 bits per heavy atom. The van der Waals surface area contributed by atoms with Crippen molar-refractivity contribution in [2.45, 2.75) is 4.90 Å². The van der Waals surface area contributed by atoms with Crippen LogP contribution in [0.2, 0.25) is 10.0 Å². The van der Waals surface area contributed by atoms with E-state index in [-0.39, 0.29) is 15.6 Å². The highest BCUT2D eigenvalue weighted by Gasteiger charge is 2.10. The first-order valence-corrected chi connectivity index (χ1v) is 9.68. The molecule has 3 N–H and O–H groups in total. The van der Waals surface area contributed by atoms with Gasteiger partial charge in [-0.05, 0) is 35.9 Å². The number of halogens is 2. The number of hydrogen-bond acceptors (Lipinski definition) is 5. The summed E-state index contributed by atoms with van der Waals surface area (Å²) in [6.07, 6.45) is 2.51. The maximum atomic E-state index is 11.8. The van der Waals surface area contributed by atoms with Crippen molar-refractivity contribution in [2.24, 2.45) is 5.14 Å². The van der Waals surface area contributed by atoms with Crippen LogP contribution in [0.4, 0.5) is 5.69 Å². The molecule has 142 valence electrons. The lowest BCUT2D eigenvalue weighted by Crippen LogP contribution is -2.20. The Kier molecular flexibility index (Phi) is 6.98. The summed E-state index contributed by atoms with van der Waals surface area (Å²) in [6, 6.07) is 10.3. The Bertz CT molecular complexity index is 1010. The molecule has 0 saturated carbocycles. The Morgan fingerprint density at radius 1 is 1.15 bits per heavy atom. The number of benzene rings is 2. The Labute approximate surface area is 165 Å². The molecule has 0 radical (unpaired) electrons. The fourth-order valence-electron chi connectivity index (χ4n) is 1.94. The van der Waals surface area contributed by atoms with Gasteiger partial charge >= 0.3 is 5.97 Å². The second-order valence-corrected chi connectivity index (χ2v) is 7.55. The number of nitrogens with one attached hydrogen (secondary N) is 1. The van der Waals surface area contributed by atoms with E-state index in [9.17, 15) is 18.0 Å². The average Bonchev–Trinajstić information content (AvgIpc) is 2.61. The topological polar surface area (TPSA) is 116 Å². The number of esters is 1. The van der Waals surface area contributed by atoms with Crippen LogP contribution in [0.25, 0.3) is 6.08 Å². The number of hydrogen-bond donors (Lipinski definition) is 2. The predicted octanol–water partition coefficient (Wildman–Crippen LogP) is 2.84. The standard InChI is InChI=1S/C17H14Cl2N2O5S/c18-14-6-1-3-11(17(14)19)7-8-16(23)26-10-15(22)21-12-4-2-5-13(9-12)27(20,24)25/h1-9H,10H2,(H,21,22)(H2,20,24,25)/b8-7+. The third-order valence-corrected chi connectivity index (χ3v) is 4.92. The van der Waals surface area contributed by atoms with Crippen LogP contribution in [0, 0.1) is 0 Å². The SMILES string of the molecule is NS(=O)(=O)c1cccc(NC(=O)COC(=O)/C=C/c2cccc(Cl)c2Cl)c1. The molecule has 7 nitrogen and oxygen atoms in total. The normalized spacial score (nSPS) is 11.4. The van der Waals surface area contributed by atoms with Gasteiger partial charge < -0.3 is 10.1 Å². The van der Waals surface area contributed by atoms with Crippen molar-refractivity contribution in [1.29, 1.82) is 0 Å². The number of anilines is 1. The molecule has 0 saturated heterocycles. The summed E-state index contributed by atoms with van der Waals surface area (Å²) in [4.78, 5) is 23.4. The lowest BCUT2D eigenvalue weighted by atomic mass is 10.2. The minimum Gasteiger partial charge on any atom is -0.452 e. The van der Waals surface area contributed by atoms with Crippen LogP contribution >= 0.6 is 23.2 Å². The molecule has 0 aliphatic heterocycles. The van der Waals surface area contributed by atoms with Gasteiger partial charge in [-0.15, -0.1) is 0 Å². The molecular formula is C17H14Cl2N2O5S. The minimum absolute atomic E-state index is 0.154. The number of carbonyl (C=O) groups excluding carboxylic acids is 2. The largest absolute Gasteiger partial charge is 0.452 e. The van der Waals surface area contributed by atoms with Gasteiger partial charge in [-0.25, -0.2) is 18.4 Å². The number of sulfonamides is 1. The van der Waals surface area contributed by atoms with E-state index < -0.39 is 28.5 Å². The Hall–Kier alpha value is -2.39. The molecule has 0 aromatic heterocycles. The van der Waals surface area contributed by atoms with Gasteiger partial charge in [0.15, 0.2) is 6.61 Å². The first-order chi connectivity index (χ1) is 12.7. The van der Waals surface area contributed by atoms with Crippen molar-refractivity contribution in [3.63, 3.8) is 0 Å². The maximum Gasteiger partial charge on any atom is 0.331 e. The number of amides is 1. The van der Waals surface area contributed by atoms with Crippen LogP contribution < -0.4 is 10.5 Å². The molecule has 2 aromatic rings. The van der Waals surface area contributed by atoms with Gasteiger partial charge in [0.1, 0.15) is 0 Å². The van der Waals surface area contributed by atoms with E-state index in [1.54, 1.807) is 18.2 Å². The van der Waals surface area contributed by atoms with Gasteiger partial charge in [-0.1, -0.05) is 41.4 Å². The van der Waals surface area contributed by atoms with E-state index >= 15 is 0 Å². The lowest BCUT2D eigenvalue weighted by Gasteiger charge is -2.07. The van der Waals surface area contributed by atoms with Crippen LogP contribution in [0.3, 0.4) is 0 Å². The number of rotatable bonds is 6. The molecule has 0 fully saturated rings. The van der Waals surface area contributed by atoms with Gasteiger partial charge in [0.2, 0.25) is 10.0 Å². The molecule has 0 heterocycles. The molecule has 2 rings (SSSR count). The van der Waals surface area contributed by atoms with Crippen molar-refractivity contribution in [2.75, 3.05) is 11.9 Å². The molecule has 0 aliphatic rings. The van der Waals surface area contributed by atoms with Gasteiger partial charge in [0.25, 0.3) is 5.91 Å². The second kappa shape index (κ2) is 9.01. The molecule has 0 bridgehead atoms. The quantitative estimate of drug-likeness (QED) is 0.541. The van der Waals surface area contributed by atoms with Crippen molar-refractivity contribution in [3.05, 3.63) is 64.1 Å². The summed E-state index contributed by atoms with van der Waals surface area (Å²) in [5, 5.41) is 8.05. The third-order valence-electron chi connectivity index (χ3n) is 3.17. The van der Waals surface area contributed by atoms with Gasteiger partial charge in [0, 0.05) is 11.8 Å². The molecule has 10 heteroatoms. The minimum atomic E-state index is -3.89. The molecule has 27 heavy (non-hydrogen) atoms. The van der Waals surface area contributed by atoms with Crippen molar-refractivity contribution < 1.29 is 22.7 Å². The molecule has 0 spiro atoms. The van der Waals surface area contributed by atoms with E-state index in [0.717, 1.165) is 6.08 Å². The van der Waals surface area contributed by atoms with Gasteiger partial charge in [-0.2, -0.15) is 0 Å². The van der Waals surface area contributed by atoms with E-state index in [4.69, 9.17) is 33.1 Å². The molecular weight excluding hydrogens is 415 g/mol. The van der Waals surface area contributed by atoms with Crippen LogP contribution in [0.5, 0.6) is 0 Å². The lowest BCUT2D eigenvalue weighted by molar-refractivity contribution is -0.142. The number of primary sulfonamides is 1. The number of ether oxygens (including phenoxy) is 1. The predicted molar refractivity (Wildman–Crippen MR) is 103 cm³/mol. The van der Waals surface area contributed by atoms with Crippen LogP contribution in [0.1, 0.15) is 5.56 Å². The molecule has 2 aromatic carbocycles. The Balaban J connectivity index is 1.91. The van der Waals surface area contributed by atoms with E-state index in [1.807, 2.05) is 0 Å². The number of nitrogens with two attached hydrogens (primary N) is 1. The monoisotopic (exact) mass is 428 g/mol. The van der Waals surface area contributed by atoms with Crippen LogP contribution in [0.15, 0.2) is 53.4 Å². The highest BCUT2D eigenvalue weighted by molar-refractivity contribution is 7.89. The van der Waals surface area contributed by atoms with Crippen molar-refractivity contribution in [1.82, 2.24) is 0 Å². The van der Waals surface area contributed by atoms with Crippen molar-refractivity contribution in [3.8, 4) is 0 Å².